The summed E-state index contributed by atoms with van der Waals surface area (Å²) in [5, 5.41) is 3.39. The molecular weight excluding hydrogens is 368 g/mol. The van der Waals surface area contributed by atoms with Gasteiger partial charge in [-0.1, -0.05) is 17.7 Å². The number of rotatable bonds is 8. The van der Waals surface area contributed by atoms with Crippen molar-refractivity contribution in [2.45, 2.75) is 13.8 Å². The van der Waals surface area contributed by atoms with Crippen LogP contribution in [0.5, 0.6) is 11.5 Å². The third-order valence-electron chi connectivity index (χ3n) is 3.91. The van der Waals surface area contributed by atoms with Gasteiger partial charge in [0.15, 0.2) is 6.61 Å². The van der Waals surface area contributed by atoms with Crippen LogP contribution >= 0.6 is 11.6 Å². The molecule has 2 aromatic rings. The summed E-state index contributed by atoms with van der Waals surface area (Å²) in [6, 6.07) is 12.2. The van der Waals surface area contributed by atoms with E-state index in [9.17, 15) is 9.59 Å². The number of nitrogens with one attached hydrogen (secondary N) is 1. The van der Waals surface area contributed by atoms with Gasteiger partial charge in [0, 0.05) is 23.3 Å². The van der Waals surface area contributed by atoms with Gasteiger partial charge >= 0.3 is 0 Å². The van der Waals surface area contributed by atoms with Crippen LogP contribution in [0.3, 0.4) is 0 Å². The fraction of sp³-hybridized carbons (Fsp3) is 0.300. The zero-order valence-electron chi connectivity index (χ0n) is 15.6. The smallest absolute Gasteiger partial charge is 0.260 e. The van der Waals surface area contributed by atoms with E-state index in [-0.39, 0.29) is 25.0 Å². The molecule has 2 amide bonds. The van der Waals surface area contributed by atoms with Gasteiger partial charge in [0.2, 0.25) is 5.91 Å². The van der Waals surface area contributed by atoms with Gasteiger partial charge in [0.1, 0.15) is 11.5 Å². The fourth-order valence-electron chi connectivity index (χ4n) is 2.39. The molecule has 0 saturated carbocycles. The summed E-state index contributed by atoms with van der Waals surface area (Å²) < 4.78 is 10.6. The largest absolute Gasteiger partial charge is 0.497 e. The molecule has 0 aliphatic heterocycles. The van der Waals surface area contributed by atoms with Gasteiger partial charge in [-0.05, 0) is 49.7 Å². The number of nitrogens with zero attached hydrogens (tertiary/aromatic N) is 1. The van der Waals surface area contributed by atoms with E-state index in [1.54, 1.807) is 49.6 Å². The van der Waals surface area contributed by atoms with E-state index in [0.29, 0.717) is 28.8 Å². The van der Waals surface area contributed by atoms with Crippen molar-refractivity contribution in [3.63, 3.8) is 0 Å². The molecule has 0 heterocycles. The summed E-state index contributed by atoms with van der Waals surface area (Å²) in [5.74, 6) is 0.636. The molecule has 0 aliphatic carbocycles. The summed E-state index contributed by atoms with van der Waals surface area (Å²) in [4.78, 5) is 26.0. The van der Waals surface area contributed by atoms with E-state index in [4.69, 9.17) is 21.1 Å². The molecule has 0 spiro atoms. The normalized spacial score (nSPS) is 10.2. The molecule has 0 radical (unpaired) electrons. The maximum Gasteiger partial charge on any atom is 0.260 e. The highest BCUT2D eigenvalue weighted by atomic mass is 35.5. The molecule has 0 unspecified atom stereocenters. The van der Waals surface area contributed by atoms with Crippen molar-refractivity contribution in [2.75, 3.05) is 32.1 Å². The Labute approximate surface area is 164 Å². The van der Waals surface area contributed by atoms with Crippen molar-refractivity contribution in [1.29, 1.82) is 0 Å². The van der Waals surface area contributed by atoms with Gasteiger partial charge in [-0.25, -0.2) is 0 Å². The number of hydrogen-bond donors (Lipinski definition) is 1. The molecule has 1 N–H and O–H groups in total. The lowest BCUT2D eigenvalue weighted by Gasteiger charge is -2.20. The van der Waals surface area contributed by atoms with Crippen molar-refractivity contribution < 1.29 is 19.1 Å². The van der Waals surface area contributed by atoms with Crippen molar-refractivity contribution in [2.24, 2.45) is 0 Å². The van der Waals surface area contributed by atoms with Crippen LogP contribution in [0.4, 0.5) is 5.69 Å². The monoisotopic (exact) mass is 390 g/mol. The summed E-state index contributed by atoms with van der Waals surface area (Å²) in [5.41, 5.74) is 1.47. The van der Waals surface area contributed by atoms with E-state index in [0.717, 1.165) is 5.56 Å². The average Bonchev–Trinajstić information content (AvgIpc) is 2.66. The number of hydrogen-bond acceptors (Lipinski definition) is 4. The first-order valence-corrected chi connectivity index (χ1v) is 8.91. The number of likely N-dealkylation sites (N-methyl/N-ethyl adjacent to an activating group) is 1. The minimum Gasteiger partial charge on any atom is -0.497 e. The van der Waals surface area contributed by atoms with Gasteiger partial charge in [-0.15, -0.1) is 0 Å². The molecule has 0 aromatic heterocycles. The van der Waals surface area contributed by atoms with Crippen molar-refractivity contribution >= 4 is 29.1 Å². The number of halogens is 1. The SMILES string of the molecule is CCN(CC(=O)Nc1cccc(OC)c1)C(=O)COc1ccc(Cl)c(C)c1. The van der Waals surface area contributed by atoms with Crippen LogP contribution in [0.1, 0.15) is 12.5 Å². The molecule has 27 heavy (non-hydrogen) atoms. The van der Waals surface area contributed by atoms with E-state index < -0.39 is 0 Å². The Balaban J connectivity index is 1.89. The molecule has 0 bridgehead atoms. The van der Waals surface area contributed by atoms with Crippen LogP contribution in [0.25, 0.3) is 0 Å². The van der Waals surface area contributed by atoms with Crippen LogP contribution in [0.15, 0.2) is 42.5 Å². The quantitative estimate of drug-likeness (QED) is 0.748. The van der Waals surface area contributed by atoms with Gasteiger partial charge in [-0.2, -0.15) is 0 Å². The second-order valence-corrected chi connectivity index (χ2v) is 6.29. The van der Waals surface area contributed by atoms with E-state index in [2.05, 4.69) is 5.32 Å². The third-order valence-corrected chi connectivity index (χ3v) is 4.34. The van der Waals surface area contributed by atoms with Crippen molar-refractivity contribution in [3.05, 3.63) is 53.1 Å². The lowest BCUT2D eigenvalue weighted by Crippen LogP contribution is -2.40. The van der Waals surface area contributed by atoms with E-state index in [1.165, 1.54) is 4.90 Å². The molecule has 6 nitrogen and oxygen atoms in total. The molecule has 144 valence electrons. The van der Waals surface area contributed by atoms with Crippen molar-refractivity contribution in [1.82, 2.24) is 4.90 Å². The predicted octanol–water partition coefficient (Wildman–Crippen LogP) is 3.52. The Hall–Kier alpha value is -2.73. The van der Waals surface area contributed by atoms with Crippen molar-refractivity contribution in [3.8, 4) is 11.5 Å². The Bertz CT molecular complexity index is 810. The summed E-state index contributed by atoms with van der Waals surface area (Å²) in [7, 11) is 1.56. The highest BCUT2D eigenvalue weighted by Crippen LogP contribution is 2.21. The first-order valence-electron chi connectivity index (χ1n) is 8.53. The molecule has 0 aliphatic rings. The topological polar surface area (TPSA) is 67.9 Å². The number of ether oxygens (including phenoxy) is 2. The highest BCUT2D eigenvalue weighted by molar-refractivity contribution is 6.31. The first-order chi connectivity index (χ1) is 12.9. The lowest BCUT2D eigenvalue weighted by molar-refractivity contribution is -0.136. The molecule has 0 fully saturated rings. The zero-order chi connectivity index (χ0) is 19.8. The average molecular weight is 391 g/mol. The Morgan fingerprint density at radius 2 is 1.93 bits per heavy atom. The van der Waals surface area contributed by atoms with Crippen LogP contribution in [0.2, 0.25) is 5.02 Å². The standard InChI is InChI=1S/C20H23ClN2O4/c1-4-23(12-19(24)22-15-6-5-7-16(11-15)26-3)20(25)13-27-17-8-9-18(21)14(2)10-17/h5-11H,4,12-13H2,1-3H3,(H,22,24). The minimum absolute atomic E-state index is 0.0600. The Kier molecular flexibility index (Phi) is 7.49. The number of aryl methyl sites for hydroxylation is 1. The molecule has 0 atom stereocenters. The van der Waals surface area contributed by atoms with Crippen LogP contribution < -0.4 is 14.8 Å². The molecule has 2 aromatic carbocycles. The number of methoxy groups -OCH3 is 1. The second-order valence-electron chi connectivity index (χ2n) is 5.89. The number of carbonyl (C=O) groups is 2. The van der Waals surface area contributed by atoms with E-state index in [1.807, 2.05) is 13.8 Å². The first kappa shape index (κ1) is 20.6. The predicted molar refractivity (Wildman–Crippen MR) is 106 cm³/mol. The lowest BCUT2D eigenvalue weighted by atomic mass is 10.2. The maximum atomic E-state index is 12.4. The molecule has 7 heteroatoms. The molecule has 0 saturated heterocycles. The number of benzene rings is 2. The Morgan fingerprint density at radius 3 is 2.59 bits per heavy atom. The van der Waals surface area contributed by atoms with E-state index >= 15 is 0 Å². The fourth-order valence-corrected chi connectivity index (χ4v) is 2.51. The van der Waals surface area contributed by atoms with Crippen LogP contribution in [-0.2, 0) is 9.59 Å². The summed E-state index contributed by atoms with van der Waals surface area (Å²) >= 11 is 5.98. The Morgan fingerprint density at radius 1 is 1.15 bits per heavy atom. The molecular formula is C20H23ClN2O4. The zero-order valence-corrected chi connectivity index (χ0v) is 16.4. The van der Waals surface area contributed by atoms with Gasteiger partial charge in [0.05, 0.1) is 13.7 Å². The minimum atomic E-state index is -0.291. The third kappa shape index (κ3) is 6.18. The molecule has 2 rings (SSSR count). The maximum absolute atomic E-state index is 12.4. The van der Waals surface area contributed by atoms with Gasteiger partial charge in [0.25, 0.3) is 5.91 Å². The highest BCUT2D eigenvalue weighted by Gasteiger charge is 2.16. The summed E-state index contributed by atoms with van der Waals surface area (Å²) in [6.45, 7) is 3.85. The van der Waals surface area contributed by atoms with Crippen LogP contribution in [0, 0.1) is 6.92 Å². The number of anilines is 1. The number of amides is 2. The second kappa shape index (κ2) is 9.83. The van der Waals surface area contributed by atoms with Gasteiger partial charge in [-0.3, -0.25) is 9.59 Å². The summed E-state index contributed by atoms with van der Waals surface area (Å²) in [6.07, 6.45) is 0. The number of carbonyl (C=O) groups excluding carboxylic acids is 2. The van der Waals surface area contributed by atoms with Gasteiger partial charge < -0.3 is 19.7 Å². The van der Waals surface area contributed by atoms with Crippen LogP contribution in [-0.4, -0.2) is 43.5 Å².